The molecule has 0 aliphatic carbocycles. The zero-order chi connectivity index (χ0) is 14.2. The number of hydrogen-bond donors (Lipinski definition) is 1. The van der Waals surface area contributed by atoms with E-state index in [9.17, 15) is 8.78 Å². The summed E-state index contributed by atoms with van der Waals surface area (Å²) in [7, 11) is 0. The van der Waals surface area contributed by atoms with Gasteiger partial charge in [0.15, 0.2) is 0 Å². The van der Waals surface area contributed by atoms with Crippen molar-refractivity contribution in [1.82, 2.24) is 0 Å². The van der Waals surface area contributed by atoms with E-state index in [4.69, 9.17) is 40.5 Å². The second-order valence-corrected chi connectivity index (χ2v) is 5.18. The standard InChI is InChI=1S/C13H8Cl3F2N/c14-6-1-2-9(15)7(3-6)13(19)8-4-12(18)10(16)5-11(8)17/h1-5,13H,19H2. The zero-order valence-electron chi connectivity index (χ0n) is 9.43. The van der Waals surface area contributed by atoms with Crippen molar-refractivity contribution in [3.05, 3.63) is 68.2 Å². The van der Waals surface area contributed by atoms with Gasteiger partial charge in [-0.2, -0.15) is 0 Å². The zero-order valence-corrected chi connectivity index (χ0v) is 11.7. The minimum absolute atomic E-state index is 0.0360. The fourth-order valence-electron chi connectivity index (χ4n) is 1.70. The average Bonchev–Trinajstić information content (AvgIpc) is 2.36. The van der Waals surface area contributed by atoms with Crippen molar-refractivity contribution in [2.24, 2.45) is 5.73 Å². The molecule has 19 heavy (non-hydrogen) atoms. The van der Waals surface area contributed by atoms with E-state index in [1.165, 1.54) is 6.07 Å². The molecule has 0 aromatic heterocycles. The van der Waals surface area contributed by atoms with Crippen LogP contribution in [0, 0.1) is 11.6 Å². The summed E-state index contributed by atoms with van der Waals surface area (Å²) in [6.07, 6.45) is 0. The molecular weight excluding hydrogens is 315 g/mol. The molecule has 2 N–H and O–H groups in total. The summed E-state index contributed by atoms with van der Waals surface area (Å²) in [5.74, 6) is -1.44. The highest BCUT2D eigenvalue weighted by atomic mass is 35.5. The van der Waals surface area contributed by atoms with Crippen LogP contribution >= 0.6 is 34.8 Å². The Kier molecular flexibility index (Phi) is 4.31. The van der Waals surface area contributed by atoms with Crippen LogP contribution in [0.5, 0.6) is 0 Å². The predicted molar refractivity (Wildman–Crippen MR) is 73.9 cm³/mol. The van der Waals surface area contributed by atoms with E-state index in [2.05, 4.69) is 0 Å². The summed E-state index contributed by atoms with van der Waals surface area (Å²) >= 11 is 17.3. The van der Waals surface area contributed by atoms with Gasteiger partial charge in [-0.3, -0.25) is 0 Å². The van der Waals surface area contributed by atoms with E-state index < -0.39 is 17.7 Å². The minimum Gasteiger partial charge on any atom is -0.320 e. The van der Waals surface area contributed by atoms with Crippen molar-refractivity contribution in [3.63, 3.8) is 0 Å². The molecule has 0 amide bonds. The lowest BCUT2D eigenvalue weighted by atomic mass is 9.99. The Morgan fingerprint density at radius 3 is 2.21 bits per heavy atom. The van der Waals surface area contributed by atoms with Gasteiger partial charge < -0.3 is 5.73 Å². The van der Waals surface area contributed by atoms with E-state index >= 15 is 0 Å². The molecule has 6 heteroatoms. The van der Waals surface area contributed by atoms with E-state index in [0.29, 0.717) is 15.6 Å². The molecule has 0 heterocycles. The third-order valence-corrected chi connectivity index (χ3v) is 3.54. The number of hydrogen-bond acceptors (Lipinski definition) is 1. The Labute approximate surface area is 123 Å². The molecule has 2 aromatic rings. The summed E-state index contributed by atoms with van der Waals surface area (Å²) in [6, 6.07) is 5.55. The monoisotopic (exact) mass is 321 g/mol. The molecule has 0 bridgehead atoms. The molecule has 2 aromatic carbocycles. The van der Waals surface area contributed by atoms with Crippen LogP contribution in [0.15, 0.2) is 30.3 Å². The van der Waals surface area contributed by atoms with Gasteiger partial charge in [0.1, 0.15) is 11.6 Å². The molecule has 1 nitrogen and oxygen atoms in total. The molecule has 0 saturated heterocycles. The summed E-state index contributed by atoms with van der Waals surface area (Å²) in [5.41, 5.74) is 6.29. The molecule has 1 atom stereocenters. The van der Waals surface area contributed by atoms with Gasteiger partial charge in [0.2, 0.25) is 0 Å². The van der Waals surface area contributed by atoms with Gasteiger partial charge >= 0.3 is 0 Å². The van der Waals surface area contributed by atoms with Gasteiger partial charge in [-0.15, -0.1) is 0 Å². The smallest absolute Gasteiger partial charge is 0.142 e. The van der Waals surface area contributed by atoms with Crippen LogP contribution in [0.3, 0.4) is 0 Å². The number of rotatable bonds is 2. The maximum atomic E-state index is 13.8. The molecule has 2 rings (SSSR count). The average molecular weight is 323 g/mol. The molecule has 0 radical (unpaired) electrons. The van der Waals surface area contributed by atoms with Crippen LogP contribution in [-0.4, -0.2) is 0 Å². The summed E-state index contributed by atoms with van der Waals surface area (Å²) in [4.78, 5) is 0. The minimum atomic E-state index is -0.932. The Balaban J connectivity index is 2.52. The highest BCUT2D eigenvalue weighted by Crippen LogP contribution is 2.32. The predicted octanol–water partition coefficient (Wildman–Crippen LogP) is 4.97. The van der Waals surface area contributed by atoms with Gasteiger partial charge in [0, 0.05) is 15.6 Å². The van der Waals surface area contributed by atoms with Crippen LogP contribution in [0.4, 0.5) is 8.78 Å². The molecule has 0 saturated carbocycles. The van der Waals surface area contributed by atoms with Gasteiger partial charge in [-0.25, -0.2) is 8.78 Å². The van der Waals surface area contributed by atoms with E-state index in [1.54, 1.807) is 12.1 Å². The number of benzene rings is 2. The van der Waals surface area contributed by atoms with Crippen molar-refractivity contribution in [2.45, 2.75) is 6.04 Å². The second-order valence-electron chi connectivity index (χ2n) is 3.93. The van der Waals surface area contributed by atoms with Gasteiger partial charge in [0.25, 0.3) is 0 Å². The van der Waals surface area contributed by atoms with Crippen LogP contribution < -0.4 is 5.73 Å². The maximum absolute atomic E-state index is 13.8. The van der Waals surface area contributed by atoms with Crippen LogP contribution in [0.25, 0.3) is 0 Å². The van der Waals surface area contributed by atoms with Gasteiger partial charge in [-0.05, 0) is 35.9 Å². The first kappa shape index (κ1) is 14.5. The SMILES string of the molecule is NC(c1cc(F)c(Cl)cc1F)c1cc(Cl)ccc1Cl. The molecule has 0 spiro atoms. The summed E-state index contributed by atoms with van der Waals surface area (Å²) in [6.45, 7) is 0. The van der Waals surface area contributed by atoms with Crippen molar-refractivity contribution in [3.8, 4) is 0 Å². The number of halogens is 5. The lowest BCUT2D eigenvalue weighted by Gasteiger charge is -2.16. The maximum Gasteiger partial charge on any atom is 0.142 e. The first-order valence-electron chi connectivity index (χ1n) is 5.25. The molecule has 1 unspecified atom stereocenters. The van der Waals surface area contributed by atoms with Gasteiger partial charge in [-0.1, -0.05) is 34.8 Å². The first-order valence-corrected chi connectivity index (χ1v) is 6.38. The van der Waals surface area contributed by atoms with Crippen LogP contribution in [0.1, 0.15) is 17.2 Å². The van der Waals surface area contributed by atoms with Crippen molar-refractivity contribution in [2.75, 3.05) is 0 Å². The molecule has 0 fully saturated rings. The molecule has 0 aliphatic rings. The summed E-state index contributed by atoms with van der Waals surface area (Å²) in [5, 5.41) is 0.432. The third kappa shape index (κ3) is 3.00. The Bertz CT molecular complexity index is 632. The van der Waals surface area contributed by atoms with Crippen molar-refractivity contribution in [1.29, 1.82) is 0 Å². The third-order valence-electron chi connectivity index (χ3n) is 2.67. The highest BCUT2D eigenvalue weighted by Gasteiger charge is 2.19. The molecule has 100 valence electrons. The number of nitrogens with two attached hydrogens (primary N) is 1. The summed E-state index contributed by atoms with van der Waals surface area (Å²) < 4.78 is 27.2. The highest BCUT2D eigenvalue weighted by molar-refractivity contribution is 6.33. The lowest BCUT2D eigenvalue weighted by Crippen LogP contribution is -2.14. The van der Waals surface area contributed by atoms with E-state index in [0.717, 1.165) is 12.1 Å². The normalized spacial score (nSPS) is 12.5. The van der Waals surface area contributed by atoms with Crippen LogP contribution in [-0.2, 0) is 0 Å². The van der Waals surface area contributed by atoms with Crippen LogP contribution in [0.2, 0.25) is 15.1 Å². The van der Waals surface area contributed by atoms with Crippen molar-refractivity contribution < 1.29 is 8.78 Å². The Morgan fingerprint density at radius 2 is 1.53 bits per heavy atom. The first-order chi connectivity index (χ1) is 8.90. The molecule has 0 aliphatic heterocycles. The van der Waals surface area contributed by atoms with E-state index in [-0.39, 0.29) is 10.6 Å². The van der Waals surface area contributed by atoms with Crippen molar-refractivity contribution >= 4 is 34.8 Å². The fraction of sp³-hybridized carbons (Fsp3) is 0.0769. The fourth-order valence-corrected chi connectivity index (χ4v) is 2.26. The van der Waals surface area contributed by atoms with Gasteiger partial charge in [0.05, 0.1) is 11.1 Å². The van der Waals surface area contributed by atoms with E-state index in [1.807, 2.05) is 0 Å². The Hall–Kier alpha value is -0.870. The largest absolute Gasteiger partial charge is 0.320 e. The Morgan fingerprint density at radius 1 is 0.842 bits per heavy atom. The molecular formula is C13H8Cl3F2N. The lowest BCUT2D eigenvalue weighted by molar-refractivity contribution is 0.577. The second kappa shape index (κ2) is 5.63. The quantitative estimate of drug-likeness (QED) is 0.776. The topological polar surface area (TPSA) is 26.0 Å².